The molecule has 0 spiro atoms. The van der Waals surface area contributed by atoms with Crippen LogP contribution in [-0.2, 0) is 0 Å². The van der Waals surface area contributed by atoms with Crippen LogP contribution in [0.2, 0.25) is 0 Å². The minimum Gasteiger partial charge on any atom is -0.380 e. The van der Waals surface area contributed by atoms with Crippen LogP contribution in [0.4, 0.5) is 5.00 Å². The number of anilines is 1. The lowest BCUT2D eigenvalue weighted by Crippen LogP contribution is -1.88. The Hall–Kier alpha value is -0.830. The zero-order valence-corrected chi connectivity index (χ0v) is 7.71. The van der Waals surface area contributed by atoms with Gasteiger partial charge in [-0.1, -0.05) is 0 Å². The fraction of sp³-hybridized carbons (Fsp3) is 0.375. The summed E-state index contributed by atoms with van der Waals surface area (Å²) < 4.78 is 0. The van der Waals surface area contributed by atoms with Crippen molar-refractivity contribution in [2.45, 2.75) is 13.8 Å². The smallest absolute Gasteiger partial charge is 0.170 e. The van der Waals surface area contributed by atoms with Gasteiger partial charge in [0.15, 0.2) is 5.78 Å². The van der Waals surface area contributed by atoms with Crippen molar-refractivity contribution in [3.63, 3.8) is 0 Å². The second-order valence-corrected chi connectivity index (χ2v) is 3.48. The molecular weight excluding hydrogens is 158 g/mol. The highest BCUT2D eigenvalue weighted by atomic mass is 32.1. The number of hydrogen-bond donors (Lipinski definition) is 1. The van der Waals surface area contributed by atoms with Crippen LogP contribution in [0, 0.1) is 6.92 Å². The SMILES string of the molecule is CNc1cc(C)c(C(C)=O)s1. The molecule has 1 N–H and O–H groups in total. The number of thiophene rings is 1. The Morgan fingerprint density at radius 2 is 2.27 bits per heavy atom. The highest BCUT2D eigenvalue weighted by Crippen LogP contribution is 2.26. The maximum Gasteiger partial charge on any atom is 0.170 e. The Morgan fingerprint density at radius 3 is 2.55 bits per heavy atom. The molecule has 0 fully saturated rings. The molecule has 0 aliphatic rings. The van der Waals surface area contributed by atoms with Gasteiger partial charge in [-0.15, -0.1) is 11.3 Å². The number of ketones is 1. The van der Waals surface area contributed by atoms with Crippen molar-refractivity contribution < 1.29 is 4.79 Å². The summed E-state index contributed by atoms with van der Waals surface area (Å²) in [4.78, 5) is 11.8. The molecule has 0 saturated carbocycles. The van der Waals surface area contributed by atoms with E-state index in [9.17, 15) is 4.79 Å². The molecule has 2 nitrogen and oxygen atoms in total. The fourth-order valence-corrected chi connectivity index (χ4v) is 1.88. The van der Waals surface area contributed by atoms with E-state index in [0.717, 1.165) is 15.4 Å². The minimum absolute atomic E-state index is 0.147. The Kier molecular flexibility index (Phi) is 2.29. The third kappa shape index (κ3) is 1.60. The zero-order valence-electron chi connectivity index (χ0n) is 6.89. The van der Waals surface area contributed by atoms with Crippen molar-refractivity contribution in [2.24, 2.45) is 0 Å². The average Bonchev–Trinajstić information content (AvgIpc) is 2.30. The van der Waals surface area contributed by atoms with E-state index in [1.165, 1.54) is 11.3 Å². The molecule has 0 aromatic carbocycles. The summed E-state index contributed by atoms with van der Waals surface area (Å²) in [5, 5.41) is 4.06. The van der Waals surface area contributed by atoms with Crippen molar-refractivity contribution in [1.82, 2.24) is 0 Å². The normalized spacial score (nSPS) is 9.73. The highest BCUT2D eigenvalue weighted by molar-refractivity contribution is 7.18. The molecule has 0 unspecified atom stereocenters. The zero-order chi connectivity index (χ0) is 8.43. The van der Waals surface area contributed by atoms with Gasteiger partial charge in [-0.2, -0.15) is 0 Å². The molecule has 11 heavy (non-hydrogen) atoms. The summed E-state index contributed by atoms with van der Waals surface area (Å²) in [6.07, 6.45) is 0. The van der Waals surface area contributed by atoms with E-state index < -0.39 is 0 Å². The maximum atomic E-state index is 11.0. The summed E-state index contributed by atoms with van der Waals surface area (Å²) in [5.74, 6) is 0.147. The number of Topliss-reactive ketones (excluding diaryl/α,β-unsaturated/α-hetero) is 1. The monoisotopic (exact) mass is 169 g/mol. The summed E-state index contributed by atoms with van der Waals surface area (Å²) in [5.41, 5.74) is 1.06. The molecule has 0 amide bonds. The van der Waals surface area contributed by atoms with Crippen molar-refractivity contribution >= 4 is 22.1 Å². The maximum absolute atomic E-state index is 11.0. The van der Waals surface area contributed by atoms with E-state index in [1.807, 2.05) is 20.0 Å². The predicted molar refractivity (Wildman–Crippen MR) is 48.6 cm³/mol. The summed E-state index contributed by atoms with van der Waals surface area (Å²) in [6.45, 7) is 3.55. The molecule has 1 heterocycles. The number of rotatable bonds is 2. The van der Waals surface area contributed by atoms with Crippen LogP contribution in [0.5, 0.6) is 0 Å². The predicted octanol–water partition coefficient (Wildman–Crippen LogP) is 2.30. The van der Waals surface area contributed by atoms with Crippen LogP contribution >= 0.6 is 11.3 Å². The molecule has 3 heteroatoms. The molecule has 0 saturated heterocycles. The van der Waals surface area contributed by atoms with Gasteiger partial charge in [-0.25, -0.2) is 0 Å². The lowest BCUT2D eigenvalue weighted by molar-refractivity contribution is 0.102. The molecule has 0 atom stereocenters. The number of carbonyl (C=O) groups excluding carboxylic acids is 1. The van der Waals surface area contributed by atoms with E-state index >= 15 is 0 Å². The van der Waals surface area contributed by atoms with Gasteiger partial charge >= 0.3 is 0 Å². The molecule has 1 rings (SSSR count). The molecule has 0 radical (unpaired) electrons. The second-order valence-electron chi connectivity index (χ2n) is 2.43. The lowest BCUT2D eigenvalue weighted by atomic mass is 10.2. The van der Waals surface area contributed by atoms with Crippen molar-refractivity contribution in [3.8, 4) is 0 Å². The quantitative estimate of drug-likeness (QED) is 0.688. The second kappa shape index (κ2) is 3.05. The fourth-order valence-electron chi connectivity index (χ4n) is 0.955. The van der Waals surface area contributed by atoms with Crippen molar-refractivity contribution in [3.05, 3.63) is 16.5 Å². The van der Waals surface area contributed by atoms with Gasteiger partial charge in [-0.05, 0) is 25.5 Å². The van der Waals surface area contributed by atoms with E-state index in [1.54, 1.807) is 6.92 Å². The number of carbonyl (C=O) groups is 1. The highest BCUT2D eigenvalue weighted by Gasteiger charge is 2.07. The number of aryl methyl sites for hydroxylation is 1. The van der Waals surface area contributed by atoms with Crippen LogP contribution in [-0.4, -0.2) is 12.8 Å². The summed E-state index contributed by atoms with van der Waals surface area (Å²) in [6, 6.07) is 1.99. The Bertz CT molecular complexity index is 278. The van der Waals surface area contributed by atoms with Gasteiger partial charge in [0.05, 0.1) is 9.88 Å². The first-order valence-electron chi connectivity index (χ1n) is 3.44. The molecule has 1 aromatic heterocycles. The standard InChI is InChI=1S/C8H11NOS/c1-5-4-7(9-3)11-8(5)6(2)10/h4,9H,1-3H3. The largest absolute Gasteiger partial charge is 0.380 e. The van der Waals surface area contributed by atoms with Crippen LogP contribution in [0.25, 0.3) is 0 Å². The van der Waals surface area contributed by atoms with E-state index in [4.69, 9.17) is 0 Å². The Morgan fingerprint density at radius 1 is 1.64 bits per heavy atom. The third-order valence-electron chi connectivity index (χ3n) is 1.48. The molecule has 60 valence electrons. The molecule has 0 aliphatic carbocycles. The van der Waals surface area contributed by atoms with E-state index in [2.05, 4.69) is 5.32 Å². The third-order valence-corrected chi connectivity index (χ3v) is 2.84. The van der Waals surface area contributed by atoms with E-state index in [0.29, 0.717) is 0 Å². The Labute approximate surface area is 70.2 Å². The topological polar surface area (TPSA) is 29.1 Å². The van der Waals surface area contributed by atoms with Crippen molar-refractivity contribution in [1.29, 1.82) is 0 Å². The van der Waals surface area contributed by atoms with Gasteiger partial charge < -0.3 is 5.32 Å². The summed E-state index contributed by atoms with van der Waals surface area (Å²) >= 11 is 1.51. The van der Waals surface area contributed by atoms with Gasteiger partial charge in [0.2, 0.25) is 0 Å². The van der Waals surface area contributed by atoms with Crippen LogP contribution in [0.1, 0.15) is 22.2 Å². The van der Waals surface area contributed by atoms with Crippen LogP contribution < -0.4 is 5.32 Å². The van der Waals surface area contributed by atoms with Crippen molar-refractivity contribution in [2.75, 3.05) is 12.4 Å². The first-order chi connectivity index (χ1) is 5.15. The van der Waals surface area contributed by atoms with E-state index in [-0.39, 0.29) is 5.78 Å². The lowest BCUT2D eigenvalue weighted by Gasteiger charge is -1.88. The first kappa shape index (κ1) is 8.27. The summed E-state index contributed by atoms with van der Waals surface area (Å²) in [7, 11) is 1.86. The Balaban J connectivity index is 3.07. The first-order valence-corrected chi connectivity index (χ1v) is 4.26. The van der Waals surface area contributed by atoms with Crippen LogP contribution in [0.15, 0.2) is 6.07 Å². The molecular formula is C8H11NOS. The average molecular weight is 169 g/mol. The minimum atomic E-state index is 0.147. The number of nitrogens with one attached hydrogen (secondary N) is 1. The number of hydrogen-bond acceptors (Lipinski definition) is 3. The molecule has 0 bridgehead atoms. The van der Waals surface area contributed by atoms with Gasteiger partial charge in [0.25, 0.3) is 0 Å². The van der Waals surface area contributed by atoms with Crippen LogP contribution in [0.3, 0.4) is 0 Å². The van der Waals surface area contributed by atoms with Gasteiger partial charge in [0, 0.05) is 7.05 Å². The van der Waals surface area contributed by atoms with Gasteiger partial charge in [-0.3, -0.25) is 4.79 Å². The molecule has 1 aromatic rings. The van der Waals surface area contributed by atoms with Gasteiger partial charge in [0.1, 0.15) is 0 Å². The molecule has 0 aliphatic heterocycles.